The lowest BCUT2D eigenvalue weighted by Crippen LogP contribution is -2.24. The predicted molar refractivity (Wildman–Crippen MR) is 86.8 cm³/mol. The van der Waals surface area contributed by atoms with Crippen molar-refractivity contribution in [3.63, 3.8) is 0 Å². The van der Waals surface area contributed by atoms with Crippen LogP contribution in [0.4, 0.5) is 5.95 Å². The van der Waals surface area contributed by atoms with Crippen molar-refractivity contribution in [3.8, 4) is 5.69 Å². The quantitative estimate of drug-likeness (QED) is 0.837. The van der Waals surface area contributed by atoms with Crippen LogP contribution < -0.4 is 5.32 Å². The van der Waals surface area contributed by atoms with Crippen molar-refractivity contribution in [2.24, 2.45) is 0 Å². The molecule has 1 saturated carbocycles. The number of imidazole rings is 1. The van der Waals surface area contributed by atoms with Gasteiger partial charge < -0.3 is 5.32 Å². The minimum absolute atomic E-state index is 0.527. The molecule has 0 amide bonds. The molecule has 5 heteroatoms. The smallest absolute Gasteiger partial charge is 0.207 e. The number of hydrogen-bond donors (Lipinski definition) is 1. The van der Waals surface area contributed by atoms with Crippen LogP contribution >= 0.6 is 27.5 Å². The second-order valence-corrected chi connectivity index (χ2v) is 6.52. The first-order valence-corrected chi connectivity index (χ1v) is 8.16. The van der Waals surface area contributed by atoms with E-state index in [0.717, 1.165) is 16.1 Å². The van der Waals surface area contributed by atoms with E-state index in [2.05, 4.69) is 26.2 Å². The number of aromatic nitrogens is 2. The molecule has 1 aliphatic rings. The molecular weight excluding hydrogens is 338 g/mol. The zero-order chi connectivity index (χ0) is 13.9. The molecule has 3 rings (SSSR count). The Morgan fingerprint density at radius 3 is 2.80 bits per heavy atom. The van der Waals surface area contributed by atoms with Gasteiger partial charge in [-0.2, -0.15) is 0 Å². The Bertz CT molecular complexity index is 591. The van der Waals surface area contributed by atoms with Crippen LogP contribution in [-0.4, -0.2) is 15.6 Å². The van der Waals surface area contributed by atoms with Gasteiger partial charge in [-0.05, 0) is 31.0 Å². The maximum Gasteiger partial charge on any atom is 0.207 e. The second-order valence-electron chi connectivity index (χ2n) is 5.20. The molecule has 106 valence electrons. The highest BCUT2D eigenvalue weighted by Gasteiger charge is 2.16. The van der Waals surface area contributed by atoms with E-state index in [1.54, 1.807) is 0 Å². The number of rotatable bonds is 3. The van der Waals surface area contributed by atoms with E-state index in [9.17, 15) is 0 Å². The number of nitrogens with one attached hydrogen (secondary N) is 1. The fourth-order valence-electron chi connectivity index (χ4n) is 2.71. The summed E-state index contributed by atoms with van der Waals surface area (Å²) >= 11 is 9.76. The Morgan fingerprint density at radius 2 is 2.05 bits per heavy atom. The van der Waals surface area contributed by atoms with Crippen LogP contribution in [0.3, 0.4) is 0 Å². The van der Waals surface area contributed by atoms with E-state index >= 15 is 0 Å². The molecule has 3 nitrogen and oxygen atoms in total. The number of anilines is 1. The molecule has 2 aromatic rings. The van der Waals surface area contributed by atoms with Gasteiger partial charge in [-0.1, -0.05) is 46.8 Å². The summed E-state index contributed by atoms with van der Waals surface area (Å²) in [6.45, 7) is 0. The van der Waals surface area contributed by atoms with Crippen molar-refractivity contribution in [2.45, 2.75) is 38.1 Å². The van der Waals surface area contributed by atoms with Crippen LogP contribution in [0.15, 0.2) is 35.1 Å². The standard InChI is InChI=1S/C15H17BrClN3/c16-11-6-7-14(13(17)10-11)20-9-8-18-15(20)19-12-4-2-1-3-5-12/h6-10,12H,1-5H2,(H,18,19). The minimum atomic E-state index is 0.527. The van der Waals surface area contributed by atoms with Crippen molar-refractivity contribution in [2.75, 3.05) is 5.32 Å². The molecule has 20 heavy (non-hydrogen) atoms. The van der Waals surface area contributed by atoms with Crippen molar-refractivity contribution in [3.05, 3.63) is 40.1 Å². The zero-order valence-electron chi connectivity index (χ0n) is 11.1. The molecule has 0 saturated heterocycles. The summed E-state index contributed by atoms with van der Waals surface area (Å²) in [5.41, 5.74) is 0.950. The van der Waals surface area contributed by atoms with Crippen molar-refractivity contribution in [1.29, 1.82) is 0 Å². The van der Waals surface area contributed by atoms with Crippen LogP contribution in [0, 0.1) is 0 Å². The molecule has 0 bridgehead atoms. The van der Waals surface area contributed by atoms with Crippen LogP contribution in [0.2, 0.25) is 5.02 Å². The molecule has 0 radical (unpaired) electrons. The topological polar surface area (TPSA) is 29.9 Å². The van der Waals surface area contributed by atoms with Gasteiger partial charge in [0.15, 0.2) is 0 Å². The van der Waals surface area contributed by atoms with E-state index in [-0.39, 0.29) is 0 Å². The SMILES string of the molecule is Clc1cc(Br)ccc1-n1ccnc1NC1CCCCC1. The highest BCUT2D eigenvalue weighted by atomic mass is 79.9. The van der Waals surface area contributed by atoms with Crippen molar-refractivity contribution < 1.29 is 0 Å². The second kappa shape index (κ2) is 6.19. The fourth-order valence-corrected chi connectivity index (χ4v) is 3.48. The summed E-state index contributed by atoms with van der Waals surface area (Å²) in [6.07, 6.45) is 10.2. The molecule has 0 aliphatic heterocycles. The van der Waals surface area contributed by atoms with Gasteiger partial charge in [0.25, 0.3) is 0 Å². The summed E-state index contributed by atoms with van der Waals surface area (Å²) < 4.78 is 3.00. The normalized spacial score (nSPS) is 16.3. The Kier molecular flexibility index (Phi) is 4.32. The summed E-state index contributed by atoms with van der Waals surface area (Å²) in [5, 5.41) is 4.26. The monoisotopic (exact) mass is 353 g/mol. The lowest BCUT2D eigenvalue weighted by atomic mass is 9.96. The molecule has 0 spiro atoms. The lowest BCUT2D eigenvalue weighted by molar-refractivity contribution is 0.460. The fraction of sp³-hybridized carbons (Fsp3) is 0.400. The third-order valence-corrected chi connectivity index (χ3v) is 4.54. The molecule has 0 unspecified atom stereocenters. The van der Waals surface area contributed by atoms with Crippen molar-refractivity contribution >= 4 is 33.5 Å². The summed E-state index contributed by atoms with van der Waals surface area (Å²) in [4.78, 5) is 4.43. The first-order valence-electron chi connectivity index (χ1n) is 6.99. The maximum absolute atomic E-state index is 6.33. The summed E-state index contributed by atoms with van der Waals surface area (Å²) in [5.74, 6) is 0.876. The first kappa shape index (κ1) is 14.0. The Labute approximate surface area is 132 Å². The highest BCUT2D eigenvalue weighted by Crippen LogP contribution is 2.28. The summed E-state index contributed by atoms with van der Waals surface area (Å²) in [7, 11) is 0. The van der Waals surface area contributed by atoms with E-state index in [1.807, 2.05) is 35.2 Å². The van der Waals surface area contributed by atoms with E-state index < -0.39 is 0 Å². The van der Waals surface area contributed by atoms with Gasteiger partial charge in [0.05, 0.1) is 10.7 Å². The molecular formula is C15H17BrClN3. The van der Waals surface area contributed by atoms with Gasteiger partial charge in [-0.15, -0.1) is 0 Å². The number of halogens is 2. The first-order chi connectivity index (χ1) is 9.74. The molecule has 0 atom stereocenters. The third kappa shape index (κ3) is 3.01. The Morgan fingerprint density at radius 1 is 1.25 bits per heavy atom. The van der Waals surface area contributed by atoms with Crippen LogP contribution in [0.25, 0.3) is 5.69 Å². The number of hydrogen-bond acceptors (Lipinski definition) is 2. The van der Waals surface area contributed by atoms with Gasteiger partial charge >= 0.3 is 0 Å². The minimum Gasteiger partial charge on any atom is -0.353 e. The Balaban J connectivity index is 1.85. The highest BCUT2D eigenvalue weighted by molar-refractivity contribution is 9.10. The van der Waals surface area contributed by atoms with Crippen LogP contribution in [-0.2, 0) is 0 Å². The van der Waals surface area contributed by atoms with E-state index in [0.29, 0.717) is 11.1 Å². The van der Waals surface area contributed by atoms with E-state index in [1.165, 1.54) is 32.1 Å². The predicted octanol–water partition coefficient (Wildman–Crippen LogP) is 5.03. The molecule has 1 fully saturated rings. The lowest BCUT2D eigenvalue weighted by Gasteiger charge is -2.23. The van der Waals surface area contributed by atoms with Gasteiger partial charge in [0, 0.05) is 22.9 Å². The average molecular weight is 355 g/mol. The molecule has 1 heterocycles. The van der Waals surface area contributed by atoms with Crippen molar-refractivity contribution in [1.82, 2.24) is 9.55 Å². The molecule has 1 aromatic carbocycles. The number of nitrogens with zero attached hydrogens (tertiary/aromatic N) is 2. The van der Waals surface area contributed by atoms with E-state index in [4.69, 9.17) is 11.6 Å². The third-order valence-electron chi connectivity index (χ3n) is 3.75. The average Bonchev–Trinajstić information content (AvgIpc) is 2.88. The number of benzene rings is 1. The molecule has 1 aromatic heterocycles. The van der Waals surface area contributed by atoms with Gasteiger partial charge in [0.1, 0.15) is 0 Å². The van der Waals surface area contributed by atoms with Gasteiger partial charge in [-0.3, -0.25) is 4.57 Å². The summed E-state index contributed by atoms with van der Waals surface area (Å²) in [6, 6.07) is 6.42. The maximum atomic E-state index is 6.33. The van der Waals surface area contributed by atoms with Crippen LogP contribution in [0.1, 0.15) is 32.1 Å². The largest absolute Gasteiger partial charge is 0.353 e. The van der Waals surface area contributed by atoms with Gasteiger partial charge in [-0.25, -0.2) is 4.98 Å². The molecule has 1 aliphatic carbocycles. The Hall–Kier alpha value is -1.00. The zero-order valence-corrected chi connectivity index (χ0v) is 13.5. The molecule has 1 N–H and O–H groups in total. The van der Waals surface area contributed by atoms with Gasteiger partial charge in [0.2, 0.25) is 5.95 Å². The van der Waals surface area contributed by atoms with Crippen LogP contribution in [0.5, 0.6) is 0 Å².